The number of hydrogen-bond acceptors (Lipinski definition) is 10. The minimum Gasteiger partial charge on any atom is -0.495 e. The highest BCUT2D eigenvalue weighted by Crippen LogP contribution is 2.45. The Balaban J connectivity index is 2.50. The summed E-state index contributed by atoms with van der Waals surface area (Å²) in [5.74, 6) is -3.35. The number of hydrogen-bond donors (Lipinski definition) is 2. The molecule has 35 heavy (non-hydrogen) atoms. The molecule has 0 bridgehead atoms. The number of benzene rings is 2. The Kier molecular flexibility index (Phi) is 7.14. The van der Waals surface area contributed by atoms with Gasteiger partial charge in [0.1, 0.15) is 17.3 Å². The minimum atomic E-state index is -4.69. The molecule has 2 aromatic carbocycles. The first kappa shape index (κ1) is 25.3. The van der Waals surface area contributed by atoms with E-state index in [2.05, 4.69) is 0 Å². The molecular formula is C23H21N3O8S. The molecule has 1 heterocycles. The highest BCUT2D eigenvalue weighted by atomic mass is 32.2. The molecule has 11 nitrogen and oxygen atoms in total. The van der Waals surface area contributed by atoms with Crippen LogP contribution in [-0.4, -0.2) is 46.2 Å². The summed E-state index contributed by atoms with van der Waals surface area (Å²) in [6.45, 7) is 0. The quantitative estimate of drug-likeness (QED) is 0.439. The summed E-state index contributed by atoms with van der Waals surface area (Å²) in [5, 5.41) is 10.0. The molecule has 0 radical (unpaired) electrons. The lowest BCUT2D eigenvalue weighted by Crippen LogP contribution is -2.41. The number of nitrogens with two attached hydrogens (primary N) is 1. The van der Waals surface area contributed by atoms with Gasteiger partial charge in [0.2, 0.25) is 0 Å². The predicted molar refractivity (Wildman–Crippen MR) is 122 cm³/mol. The van der Waals surface area contributed by atoms with Gasteiger partial charge in [0.15, 0.2) is 0 Å². The maximum Gasteiger partial charge on any atom is 0.355 e. The highest BCUT2D eigenvalue weighted by Gasteiger charge is 2.43. The number of nitrogens with zero attached hydrogens (tertiary/aromatic N) is 2. The van der Waals surface area contributed by atoms with E-state index in [0.717, 1.165) is 31.3 Å². The normalized spacial score (nSPS) is 16.0. The van der Waals surface area contributed by atoms with E-state index >= 15 is 0 Å². The number of allylic oxidation sites excluding steroid dienone is 1. The first-order valence-corrected chi connectivity index (χ1v) is 11.4. The van der Waals surface area contributed by atoms with Crippen molar-refractivity contribution in [3.8, 4) is 11.8 Å². The van der Waals surface area contributed by atoms with Crippen LogP contribution in [0.3, 0.4) is 0 Å². The molecule has 0 saturated heterocycles. The predicted octanol–water partition coefficient (Wildman–Crippen LogP) is 1.84. The fourth-order valence-corrected chi connectivity index (χ4v) is 4.27. The van der Waals surface area contributed by atoms with E-state index in [-0.39, 0.29) is 28.4 Å². The van der Waals surface area contributed by atoms with Crippen LogP contribution in [0.5, 0.6) is 5.75 Å². The molecule has 0 aromatic heterocycles. The summed E-state index contributed by atoms with van der Waals surface area (Å²) < 4.78 is 48.4. The molecule has 0 aliphatic carbocycles. The van der Waals surface area contributed by atoms with Crippen LogP contribution < -0.4 is 15.4 Å². The Morgan fingerprint density at radius 1 is 1.06 bits per heavy atom. The molecule has 0 amide bonds. The third-order valence-electron chi connectivity index (χ3n) is 5.30. The fourth-order valence-electron chi connectivity index (χ4n) is 3.77. The van der Waals surface area contributed by atoms with Gasteiger partial charge in [-0.25, -0.2) is 9.59 Å². The van der Waals surface area contributed by atoms with Gasteiger partial charge in [-0.15, -0.1) is 0 Å². The molecule has 2 aromatic rings. The first-order chi connectivity index (χ1) is 16.6. The van der Waals surface area contributed by atoms with Gasteiger partial charge in [-0.2, -0.15) is 13.7 Å². The van der Waals surface area contributed by atoms with Gasteiger partial charge >= 0.3 is 11.9 Å². The summed E-state index contributed by atoms with van der Waals surface area (Å²) >= 11 is 0. The number of esters is 2. The van der Waals surface area contributed by atoms with Crippen molar-refractivity contribution in [2.24, 2.45) is 5.73 Å². The zero-order chi connectivity index (χ0) is 25.9. The van der Waals surface area contributed by atoms with Crippen molar-refractivity contribution in [1.82, 2.24) is 0 Å². The smallest absolute Gasteiger partial charge is 0.355 e. The van der Waals surface area contributed by atoms with Crippen LogP contribution in [0.25, 0.3) is 0 Å². The van der Waals surface area contributed by atoms with Crippen LogP contribution in [0.2, 0.25) is 0 Å². The fraction of sp³-hybridized carbons (Fsp3) is 0.174. The summed E-state index contributed by atoms with van der Waals surface area (Å²) in [7, 11) is -1.23. The number of ether oxygens (including phenoxy) is 3. The van der Waals surface area contributed by atoms with E-state index in [1.807, 2.05) is 6.07 Å². The molecule has 1 atom stereocenters. The van der Waals surface area contributed by atoms with Crippen LogP contribution in [0.15, 0.2) is 76.1 Å². The number of anilines is 1. The second-order valence-corrected chi connectivity index (χ2v) is 8.57. The molecule has 0 fully saturated rings. The largest absolute Gasteiger partial charge is 0.495 e. The monoisotopic (exact) mass is 499 g/mol. The average Bonchev–Trinajstić information content (AvgIpc) is 2.86. The van der Waals surface area contributed by atoms with Crippen molar-refractivity contribution < 1.29 is 36.8 Å². The SMILES string of the molecule is COC(=O)C1=C(C(=O)OC)N(c2cc(S(=O)(=O)O)ccc2OC)C(N)=C(C#N)C1c1ccccc1. The van der Waals surface area contributed by atoms with Crippen LogP contribution >= 0.6 is 0 Å². The van der Waals surface area contributed by atoms with Gasteiger partial charge in [0.05, 0.1) is 55.0 Å². The number of carbonyl (C=O) groups excluding carboxylic acids is 2. The van der Waals surface area contributed by atoms with Crippen molar-refractivity contribution in [1.29, 1.82) is 5.26 Å². The van der Waals surface area contributed by atoms with Gasteiger partial charge in [-0.1, -0.05) is 30.3 Å². The van der Waals surface area contributed by atoms with Crippen molar-refractivity contribution in [2.45, 2.75) is 10.8 Å². The molecule has 1 aliphatic rings. The third kappa shape index (κ3) is 4.54. The lowest BCUT2D eigenvalue weighted by molar-refractivity contribution is -0.139. The molecule has 3 N–H and O–H groups in total. The topological polar surface area (TPSA) is 169 Å². The number of carbonyl (C=O) groups is 2. The molecule has 3 rings (SSSR count). The standard InChI is InChI=1S/C23H21N3O8S/c1-32-17-10-9-14(35(29,30)31)11-16(17)26-20(23(28)34-3)19(22(27)33-2)18(15(12-24)21(26)25)13-7-5-4-6-8-13/h4-11,18H,25H2,1-3H3,(H,29,30,31). The Bertz CT molecular complexity index is 1390. The minimum absolute atomic E-state index is 0.0152. The molecule has 1 unspecified atom stereocenters. The molecule has 0 spiro atoms. The van der Waals surface area contributed by atoms with Crippen LogP contribution in [-0.2, 0) is 29.2 Å². The van der Waals surface area contributed by atoms with E-state index < -0.39 is 38.6 Å². The van der Waals surface area contributed by atoms with E-state index in [4.69, 9.17) is 19.9 Å². The lowest BCUT2D eigenvalue weighted by Gasteiger charge is -2.36. The summed E-state index contributed by atoms with van der Waals surface area (Å²) in [5.41, 5.74) is 5.89. The highest BCUT2D eigenvalue weighted by molar-refractivity contribution is 7.85. The lowest BCUT2D eigenvalue weighted by atomic mass is 9.81. The first-order valence-electron chi connectivity index (χ1n) is 9.91. The molecule has 0 saturated carbocycles. The molecule has 182 valence electrons. The van der Waals surface area contributed by atoms with Gasteiger partial charge < -0.3 is 19.9 Å². The number of rotatable bonds is 6. The Hall–Kier alpha value is -4.34. The van der Waals surface area contributed by atoms with Crippen molar-refractivity contribution >= 4 is 27.7 Å². The van der Waals surface area contributed by atoms with Crippen molar-refractivity contribution in [3.63, 3.8) is 0 Å². The average molecular weight is 500 g/mol. The number of nitriles is 1. The van der Waals surface area contributed by atoms with Crippen molar-refractivity contribution in [2.75, 3.05) is 26.2 Å². The maximum absolute atomic E-state index is 13.1. The molecular weight excluding hydrogens is 478 g/mol. The van der Waals surface area contributed by atoms with E-state index in [1.54, 1.807) is 30.3 Å². The zero-order valence-corrected chi connectivity index (χ0v) is 19.7. The Labute approximate surface area is 201 Å². The van der Waals surface area contributed by atoms with Crippen LogP contribution in [0.1, 0.15) is 11.5 Å². The second kappa shape index (κ2) is 9.88. The van der Waals surface area contributed by atoms with E-state index in [1.165, 1.54) is 13.2 Å². The summed E-state index contributed by atoms with van der Waals surface area (Å²) in [4.78, 5) is 26.6. The maximum atomic E-state index is 13.1. The van der Waals surface area contributed by atoms with E-state index in [9.17, 15) is 27.8 Å². The van der Waals surface area contributed by atoms with Gasteiger partial charge in [-0.05, 0) is 23.8 Å². The zero-order valence-electron chi connectivity index (χ0n) is 18.9. The second-order valence-electron chi connectivity index (χ2n) is 7.14. The van der Waals surface area contributed by atoms with Crippen LogP contribution in [0.4, 0.5) is 5.69 Å². The summed E-state index contributed by atoms with van der Waals surface area (Å²) in [6, 6.07) is 13.6. The molecule has 12 heteroatoms. The van der Waals surface area contributed by atoms with Crippen LogP contribution in [0, 0.1) is 11.3 Å². The van der Waals surface area contributed by atoms with E-state index in [0.29, 0.717) is 5.56 Å². The number of methoxy groups -OCH3 is 3. The molecule has 1 aliphatic heterocycles. The third-order valence-corrected chi connectivity index (χ3v) is 6.15. The Morgan fingerprint density at radius 3 is 2.20 bits per heavy atom. The summed E-state index contributed by atoms with van der Waals surface area (Å²) in [6.07, 6.45) is 0. The van der Waals surface area contributed by atoms with Gasteiger partial charge in [-0.3, -0.25) is 9.45 Å². The van der Waals surface area contributed by atoms with Crippen molar-refractivity contribution in [3.05, 3.63) is 76.8 Å². The van der Waals surface area contributed by atoms with Gasteiger partial charge in [0.25, 0.3) is 10.1 Å². The Morgan fingerprint density at radius 2 is 1.69 bits per heavy atom. The van der Waals surface area contributed by atoms with Gasteiger partial charge in [0, 0.05) is 0 Å².